The number of hydrogen-bond donors (Lipinski definition) is 0. The van der Waals surface area contributed by atoms with E-state index in [4.69, 9.17) is 27.9 Å². The Morgan fingerprint density at radius 2 is 1.68 bits per heavy atom. The zero-order valence-electron chi connectivity index (χ0n) is 11.5. The van der Waals surface area contributed by atoms with Gasteiger partial charge in [0.05, 0.1) is 0 Å². The Hall–Kier alpha value is -0.380. The van der Waals surface area contributed by atoms with Crippen molar-refractivity contribution in [3.8, 4) is 0 Å². The normalized spacial score (nSPS) is 17.9. The molecule has 0 bridgehead atoms. The maximum Gasteiger partial charge on any atom is 0.163 e. The summed E-state index contributed by atoms with van der Waals surface area (Å²) < 4.78 is 5.94. The van der Waals surface area contributed by atoms with Crippen molar-refractivity contribution in [1.29, 1.82) is 0 Å². The Labute approximate surface area is 124 Å². The van der Waals surface area contributed by atoms with E-state index < -0.39 is 0 Å². The molecule has 2 rings (SSSR count). The molecule has 106 valence electrons. The number of nitrogens with zero attached hydrogens (tertiary/aromatic N) is 2. The Morgan fingerprint density at radius 3 is 2.16 bits per heavy atom. The summed E-state index contributed by atoms with van der Waals surface area (Å²) in [5, 5.41) is 0.950. The lowest BCUT2D eigenvalue weighted by Crippen LogP contribution is -2.29. The lowest BCUT2D eigenvalue weighted by Gasteiger charge is -2.27. The Bertz CT molecular complexity index is 422. The third-order valence-electron chi connectivity index (χ3n) is 3.65. The van der Waals surface area contributed by atoms with Gasteiger partial charge in [-0.1, -0.05) is 36.5 Å². The molecule has 1 fully saturated rings. The van der Waals surface area contributed by atoms with E-state index in [0.29, 0.717) is 22.7 Å². The third-order valence-corrected chi connectivity index (χ3v) is 4.27. The van der Waals surface area contributed by atoms with Crippen LogP contribution in [0, 0.1) is 0 Å². The molecule has 1 saturated carbocycles. The zero-order valence-corrected chi connectivity index (χ0v) is 13.0. The second kappa shape index (κ2) is 6.38. The van der Waals surface area contributed by atoms with Gasteiger partial charge in [0.2, 0.25) is 0 Å². The average Bonchev–Trinajstić information content (AvgIpc) is 2.84. The van der Waals surface area contributed by atoms with E-state index in [-0.39, 0.29) is 5.60 Å². The van der Waals surface area contributed by atoms with E-state index in [1.165, 1.54) is 0 Å². The average molecular weight is 303 g/mol. The minimum absolute atomic E-state index is 0.382. The van der Waals surface area contributed by atoms with Crippen LogP contribution in [0.15, 0.2) is 0 Å². The predicted octanol–water partition coefficient (Wildman–Crippen LogP) is 4.54. The summed E-state index contributed by atoms with van der Waals surface area (Å²) in [7, 11) is 0. The Kier molecular flexibility index (Phi) is 5.04. The Balaban J connectivity index is 2.39. The molecule has 0 saturated heterocycles. The van der Waals surface area contributed by atoms with Crippen molar-refractivity contribution < 1.29 is 4.74 Å². The molecule has 1 heterocycles. The van der Waals surface area contributed by atoms with Crippen molar-refractivity contribution in [2.24, 2.45) is 0 Å². The topological polar surface area (TPSA) is 35.0 Å². The minimum atomic E-state index is -0.382. The molecule has 1 aromatic rings. The van der Waals surface area contributed by atoms with Crippen LogP contribution < -0.4 is 0 Å². The van der Waals surface area contributed by atoms with Crippen molar-refractivity contribution in [2.45, 2.75) is 58.0 Å². The van der Waals surface area contributed by atoms with Crippen LogP contribution in [0.2, 0.25) is 10.3 Å². The molecule has 0 aliphatic heterocycles. The number of hydrogen-bond acceptors (Lipinski definition) is 3. The van der Waals surface area contributed by atoms with E-state index in [1.807, 2.05) is 6.92 Å². The first-order valence-electron chi connectivity index (χ1n) is 6.99. The quantitative estimate of drug-likeness (QED) is 0.749. The van der Waals surface area contributed by atoms with Gasteiger partial charge in [-0.15, -0.1) is 0 Å². The highest BCUT2D eigenvalue weighted by atomic mass is 35.5. The summed E-state index contributed by atoms with van der Waals surface area (Å²) in [5.41, 5.74) is 0.464. The van der Waals surface area contributed by atoms with Gasteiger partial charge < -0.3 is 4.74 Å². The second-order valence-corrected chi connectivity index (χ2v) is 5.71. The molecule has 0 atom stereocenters. The monoisotopic (exact) mass is 302 g/mol. The van der Waals surface area contributed by atoms with E-state index in [1.54, 1.807) is 0 Å². The molecule has 19 heavy (non-hydrogen) atoms. The van der Waals surface area contributed by atoms with E-state index in [0.717, 1.165) is 44.1 Å². The highest BCUT2D eigenvalue weighted by molar-refractivity contribution is 6.34. The van der Waals surface area contributed by atoms with Crippen molar-refractivity contribution in [3.05, 3.63) is 21.7 Å². The molecular weight excluding hydrogens is 283 g/mol. The molecule has 0 unspecified atom stereocenters. The van der Waals surface area contributed by atoms with E-state index >= 15 is 0 Å². The van der Waals surface area contributed by atoms with Gasteiger partial charge in [0, 0.05) is 12.2 Å². The van der Waals surface area contributed by atoms with Gasteiger partial charge in [0.1, 0.15) is 15.9 Å². The lowest BCUT2D eigenvalue weighted by atomic mass is 10.0. The molecule has 0 radical (unpaired) electrons. The first-order chi connectivity index (χ1) is 9.13. The van der Waals surface area contributed by atoms with Crippen LogP contribution in [0.1, 0.15) is 57.3 Å². The van der Waals surface area contributed by atoms with Gasteiger partial charge in [0.15, 0.2) is 5.82 Å². The molecule has 1 aromatic heterocycles. The molecule has 3 nitrogen and oxygen atoms in total. The van der Waals surface area contributed by atoms with Crippen LogP contribution in [0.5, 0.6) is 0 Å². The van der Waals surface area contributed by atoms with Gasteiger partial charge in [-0.3, -0.25) is 0 Å². The smallest absolute Gasteiger partial charge is 0.163 e. The van der Waals surface area contributed by atoms with Gasteiger partial charge in [-0.05, 0) is 39.0 Å². The number of halogens is 2. The van der Waals surface area contributed by atoms with Crippen molar-refractivity contribution in [3.63, 3.8) is 0 Å². The Morgan fingerprint density at radius 1 is 1.11 bits per heavy atom. The SMILES string of the molecule is CCCc1c(Cl)nc(C2(OCC)CCCC2)nc1Cl. The van der Waals surface area contributed by atoms with Crippen LogP contribution in [0.4, 0.5) is 0 Å². The molecule has 0 aromatic carbocycles. The first-order valence-corrected chi connectivity index (χ1v) is 7.75. The predicted molar refractivity (Wildman–Crippen MR) is 77.8 cm³/mol. The van der Waals surface area contributed by atoms with Crippen LogP contribution in [-0.4, -0.2) is 16.6 Å². The molecule has 0 N–H and O–H groups in total. The summed E-state index contributed by atoms with van der Waals surface area (Å²) in [4.78, 5) is 8.94. The highest BCUT2D eigenvalue weighted by Crippen LogP contribution is 2.41. The lowest BCUT2D eigenvalue weighted by molar-refractivity contribution is -0.0457. The van der Waals surface area contributed by atoms with Crippen LogP contribution in [0.3, 0.4) is 0 Å². The molecule has 1 aliphatic carbocycles. The summed E-state index contributed by atoms with van der Waals surface area (Å²) in [5.74, 6) is 0.654. The summed E-state index contributed by atoms with van der Waals surface area (Å²) in [6.07, 6.45) is 5.93. The van der Waals surface area contributed by atoms with E-state index in [2.05, 4.69) is 16.9 Å². The first kappa shape index (κ1) is 15.0. The van der Waals surface area contributed by atoms with Crippen molar-refractivity contribution in [1.82, 2.24) is 9.97 Å². The van der Waals surface area contributed by atoms with Gasteiger partial charge in [-0.2, -0.15) is 0 Å². The van der Waals surface area contributed by atoms with Crippen molar-refractivity contribution >= 4 is 23.2 Å². The highest BCUT2D eigenvalue weighted by Gasteiger charge is 2.40. The molecule has 5 heteroatoms. The second-order valence-electron chi connectivity index (χ2n) is 4.99. The van der Waals surface area contributed by atoms with E-state index in [9.17, 15) is 0 Å². The summed E-state index contributed by atoms with van der Waals surface area (Å²) in [6.45, 7) is 4.73. The van der Waals surface area contributed by atoms with Gasteiger partial charge in [-0.25, -0.2) is 9.97 Å². The third kappa shape index (κ3) is 3.04. The minimum Gasteiger partial charge on any atom is -0.367 e. The zero-order chi connectivity index (χ0) is 13.9. The van der Waals surface area contributed by atoms with Crippen LogP contribution in [0.25, 0.3) is 0 Å². The number of ether oxygens (including phenoxy) is 1. The van der Waals surface area contributed by atoms with Crippen LogP contribution >= 0.6 is 23.2 Å². The maximum absolute atomic E-state index is 6.26. The maximum atomic E-state index is 6.26. The number of aromatic nitrogens is 2. The fourth-order valence-corrected chi connectivity index (χ4v) is 3.32. The standard InChI is InChI=1S/C14H20Cl2N2O/c1-3-7-10-11(15)17-13(18-12(10)16)14(19-4-2)8-5-6-9-14/h3-9H2,1-2H3. The van der Waals surface area contributed by atoms with Crippen LogP contribution in [-0.2, 0) is 16.8 Å². The fourth-order valence-electron chi connectivity index (χ4n) is 2.75. The number of rotatable bonds is 5. The molecular formula is C14H20Cl2N2O. The van der Waals surface area contributed by atoms with Gasteiger partial charge in [0.25, 0.3) is 0 Å². The fraction of sp³-hybridized carbons (Fsp3) is 0.714. The molecule has 0 spiro atoms. The largest absolute Gasteiger partial charge is 0.367 e. The summed E-state index contributed by atoms with van der Waals surface area (Å²) in [6, 6.07) is 0. The van der Waals surface area contributed by atoms with Gasteiger partial charge >= 0.3 is 0 Å². The molecule has 0 amide bonds. The van der Waals surface area contributed by atoms with Crippen molar-refractivity contribution in [2.75, 3.05) is 6.61 Å². The summed E-state index contributed by atoms with van der Waals surface area (Å²) >= 11 is 12.5. The molecule has 1 aliphatic rings.